The Bertz CT molecular complexity index is 1060. The van der Waals surface area contributed by atoms with Crippen molar-refractivity contribution in [3.63, 3.8) is 0 Å². The second kappa shape index (κ2) is 10.1. The number of aromatic nitrogens is 2. The first-order valence-electron chi connectivity index (χ1n) is 10.5. The number of hydrogen-bond donors (Lipinski definition) is 2. The molecule has 156 valence electrons. The summed E-state index contributed by atoms with van der Waals surface area (Å²) in [5.41, 5.74) is 0.255. The maximum atomic E-state index is 12.7. The molecule has 1 aliphatic carbocycles. The first-order valence-corrected chi connectivity index (χ1v) is 10.5. The van der Waals surface area contributed by atoms with Crippen LogP contribution in [-0.4, -0.2) is 74.2 Å². The van der Waals surface area contributed by atoms with E-state index in [1.54, 1.807) is 24.3 Å². The van der Waals surface area contributed by atoms with Crippen LogP contribution in [0.3, 0.4) is 0 Å². The monoisotopic (exact) mass is 421 g/mol. The molecule has 2 aromatic rings. The number of para-hydroxylation sites is 2. The predicted octanol–water partition coefficient (Wildman–Crippen LogP) is 2.16. The van der Waals surface area contributed by atoms with Crippen molar-refractivity contribution in [2.45, 2.75) is 57.4 Å². The molecule has 0 unspecified atom stereocenters. The van der Waals surface area contributed by atoms with Gasteiger partial charge < -0.3 is 10.1 Å². The number of fused-ring (bicyclic) bond motifs is 1. The zero-order valence-corrected chi connectivity index (χ0v) is 16.5. The molecule has 0 atom stereocenters. The van der Waals surface area contributed by atoms with E-state index >= 15 is 0 Å². The zero-order valence-electron chi connectivity index (χ0n) is 16.5. The average Bonchev–Trinajstić information content (AvgIpc) is 2.69. The Hall–Kier alpha value is -1.67. The van der Waals surface area contributed by atoms with Crippen molar-refractivity contribution >= 4 is 52.3 Å². The number of carboxylic acids is 1. The molecule has 30 heavy (non-hydrogen) atoms. The molecule has 2 N–H and O–H groups in total. The van der Waals surface area contributed by atoms with Crippen molar-refractivity contribution in [2.24, 2.45) is 0 Å². The summed E-state index contributed by atoms with van der Waals surface area (Å²) in [5.74, 6) is -1.02. The van der Waals surface area contributed by atoms with Crippen LogP contribution in [-0.2, 0) is 4.79 Å². The fourth-order valence-electron chi connectivity index (χ4n) is 4.75. The van der Waals surface area contributed by atoms with Gasteiger partial charge in [0.2, 0.25) is 0 Å². The van der Waals surface area contributed by atoms with Crippen molar-refractivity contribution in [2.75, 3.05) is 13.1 Å². The van der Waals surface area contributed by atoms with Gasteiger partial charge in [0.05, 0.1) is 16.6 Å². The molecule has 0 saturated heterocycles. The van der Waals surface area contributed by atoms with Crippen LogP contribution in [0.4, 0.5) is 0 Å². The van der Waals surface area contributed by atoms with E-state index in [9.17, 15) is 19.5 Å². The molecule has 1 fully saturated rings. The number of nitrogens with one attached hydrogen (secondary N) is 1. The molecule has 1 aromatic heterocycles. The summed E-state index contributed by atoms with van der Waals surface area (Å²) >= 11 is 0. The molecule has 0 bridgehead atoms. The maximum absolute atomic E-state index is 12.7. The van der Waals surface area contributed by atoms with Crippen LogP contribution in [0.15, 0.2) is 39.4 Å². The molecule has 0 radical (unpaired) electrons. The van der Waals surface area contributed by atoms with E-state index in [-0.39, 0.29) is 35.1 Å². The van der Waals surface area contributed by atoms with Gasteiger partial charge in [0.1, 0.15) is 0 Å². The molecule has 4 rings (SSSR count). The Morgan fingerprint density at radius 1 is 1.03 bits per heavy atom. The molecule has 1 aliphatic heterocycles. The summed E-state index contributed by atoms with van der Waals surface area (Å²) in [6, 6.07) is 7.40. The molecule has 2 aliphatic rings. The van der Waals surface area contributed by atoms with Crippen LogP contribution in [0.5, 0.6) is 0 Å². The molecular formula is C22H28N3NaO4. The molecule has 8 heteroatoms. The Labute approximate surface area is 197 Å². The zero-order chi connectivity index (χ0) is 20.4. The van der Waals surface area contributed by atoms with Crippen LogP contribution in [0, 0.1) is 0 Å². The van der Waals surface area contributed by atoms with Crippen LogP contribution in [0.25, 0.3) is 16.7 Å². The van der Waals surface area contributed by atoms with Crippen molar-refractivity contribution in [1.82, 2.24) is 14.5 Å². The van der Waals surface area contributed by atoms with Gasteiger partial charge in [-0.3, -0.25) is 19.1 Å². The quantitative estimate of drug-likeness (QED) is 0.585. The van der Waals surface area contributed by atoms with Gasteiger partial charge in [0.15, 0.2) is 0 Å². The number of aliphatic carboxylic acids is 1. The number of nitrogens with zero attached hydrogens (tertiary/aromatic N) is 2. The Balaban J connectivity index is 0.00000256. The average molecular weight is 421 g/mol. The SMILES string of the molecule is O=C(O)C1=C(n2c(=O)c(=O)[nH]c3ccccc32)CCN(C2CCCCCCC2)C1.[NaH]. The fraction of sp³-hybridized carbons (Fsp3) is 0.500. The molecule has 0 spiro atoms. The minimum absolute atomic E-state index is 0. The number of hydrogen-bond acceptors (Lipinski definition) is 4. The Kier molecular flexibility index (Phi) is 7.74. The third kappa shape index (κ3) is 4.64. The normalized spacial score (nSPS) is 19.2. The van der Waals surface area contributed by atoms with Crippen LogP contribution >= 0.6 is 0 Å². The van der Waals surface area contributed by atoms with Gasteiger partial charge in [0.25, 0.3) is 0 Å². The van der Waals surface area contributed by atoms with Gasteiger partial charge in [-0.2, -0.15) is 0 Å². The van der Waals surface area contributed by atoms with E-state index in [0.717, 1.165) is 12.8 Å². The molecule has 2 heterocycles. The topological polar surface area (TPSA) is 95.4 Å². The van der Waals surface area contributed by atoms with E-state index in [4.69, 9.17) is 0 Å². The van der Waals surface area contributed by atoms with E-state index in [0.29, 0.717) is 42.3 Å². The van der Waals surface area contributed by atoms with Crippen LogP contribution in [0.1, 0.15) is 51.4 Å². The van der Waals surface area contributed by atoms with E-state index < -0.39 is 17.1 Å². The number of carboxylic acid groups (broad SMARTS) is 1. The van der Waals surface area contributed by atoms with Gasteiger partial charge in [-0.1, -0.05) is 44.2 Å². The van der Waals surface area contributed by atoms with Gasteiger partial charge in [-0.25, -0.2) is 4.79 Å². The van der Waals surface area contributed by atoms with E-state index in [2.05, 4.69) is 9.88 Å². The molecule has 7 nitrogen and oxygen atoms in total. The first kappa shape index (κ1) is 23.0. The number of H-pyrrole nitrogens is 1. The van der Waals surface area contributed by atoms with Crippen molar-refractivity contribution < 1.29 is 9.90 Å². The Morgan fingerprint density at radius 3 is 2.40 bits per heavy atom. The van der Waals surface area contributed by atoms with E-state index in [1.165, 1.54) is 36.7 Å². The number of rotatable bonds is 3. The standard InChI is InChI=1S/C22H27N3O4.Na.H/c26-20-21(27)25(19-11-7-6-10-17(19)23-20)18-12-13-24(14-16(18)22(28)29)15-8-4-2-1-3-5-9-15;;/h6-7,10-11,15H,1-5,8-9,12-14H2,(H,23,26)(H,28,29);;. The summed E-state index contributed by atoms with van der Waals surface area (Å²) in [7, 11) is 0. The fourth-order valence-corrected chi connectivity index (χ4v) is 4.75. The number of aromatic amines is 1. The summed E-state index contributed by atoms with van der Waals surface area (Å²) < 4.78 is 1.31. The van der Waals surface area contributed by atoms with Gasteiger partial charge in [-0.15, -0.1) is 0 Å². The third-order valence-electron chi connectivity index (χ3n) is 6.26. The van der Waals surface area contributed by atoms with Crippen molar-refractivity contribution in [3.8, 4) is 0 Å². The second-order valence-electron chi connectivity index (χ2n) is 8.06. The molecule has 1 saturated carbocycles. The summed E-state index contributed by atoms with van der Waals surface area (Å²) in [5, 5.41) is 9.93. The molecule has 1 aromatic carbocycles. The predicted molar refractivity (Wildman–Crippen MR) is 119 cm³/mol. The van der Waals surface area contributed by atoms with Crippen LogP contribution in [0.2, 0.25) is 0 Å². The van der Waals surface area contributed by atoms with Gasteiger partial charge in [0, 0.05) is 31.2 Å². The summed E-state index contributed by atoms with van der Waals surface area (Å²) in [6.45, 7) is 1.01. The molecular weight excluding hydrogens is 393 g/mol. The first-order chi connectivity index (χ1) is 14.1. The minimum atomic E-state index is -1.02. The summed E-state index contributed by atoms with van der Waals surface area (Å²) in [4.78, 5) is 41.9. The number of carbonyl (C=O) groups is 1. The number of benzene rings is 1. The molecule has 0 amide bonds. The van der Waals surface area contributed by atoms with Crippen LogP contribution < -0.4 is 11.1 Å². The van der Waals surface area contributed by atoms with Gasteiger partial charge >= 0.3 is 46.6 Å². The summed E-state index contributed by atoms with van der Waals surface area (Å²) in [6.07, 6.45) is 8.75. The third-order valence-corrected chi connectivity index (χ3v) is 6.26. The van der Waals surface area contributed by atoms with Crippen molar-refractivity contribution in [1.29, 1.82) is 0 Å². The van der Waals surface area contributed by atoms with Gasteiger partial charge in [-0.05, 0) is 25.0 Å². The second-order valence-corrected chi connectivity index (χ2v) is 8.06. The van der Waals surface area contributed by atoms with Crippen molar-refractivity contribution in [3.05, 3.63) is 50.5 Å². The Morgan fingerprint density at radius 2 is 1.70 bits per heavy atom. The van der Waals surface area contributed by atoms with E-state index in [1.807, 2.05) is 0 Å².